The molecule has 0 saturated heterocycles. The monoisotopic (exact) mass is 165 g/mol. The summed E-state index contributed by atoms with van der Waals surface area (Å²) in [4.78, 5) is 17.5. The number of fused-ring (bicyclic) bond motifs is 1. The number of hydrogen-bond acceptors (Lipinski definition) is 4. The van der Waals surface area contributed by atoms with Gasteiger partial charge in [0.05, 0.1) is 6.20 Å². The number of H-pyrrole nitrogens is 1. The first-order valence-corrected chi connectivity index (χ1v) is 3.38. The van der Waals surface area contributed by atoms with Crippen molar-refractivity contribution in [2.75, 3.05) is 5.73 Å². The predicted octanol–water partition coefficient (Wildman–Crippen LogP) is -0.692. The molecule has 0 spiro atoms. The lowest BCUT2D eigenvalue weighted by Gasteiger charge is -1.94. The zero-order chi connectivity index (χ0) is 8.72. The number of hydrogen-bond donors (Lipinski definition) is 2. The number of nitrogens with one attached hydrogen (secondary N) is 1. The van der Waals surface area contributed by atoms with Gasteiger partial charge >= 0.3 is 0 Å². The number of rotatable bonds is 0. The van der Waals surface area contributed by atoms with E-state index in [1.807, 2.05) is 0 Å². The third kappa shape index (κ3) is 0.777. The number of aromatic nitrogens is 4. The minimum absolute atomic E-state index is 0.0913. The summed E-state index contributed by atoms with van der Waals surface area (Å²) in [6.07, 6.45) is 1.46. The van der Waals surface area contributed by atoms with Gasteiger partial charge in [-0.25, -0.2) is 9.50 Å². The first kappa shape index (κ1) is 6.84. The van der Waals surface area contributed by atoms with Crippen LogP contribution in [0.25, 0.3) is 5.52 Å². The van der Waals surface area contributed by atoms with Gasteiger partial charge in [0.1, 0.15) is 5.82 Å². The molecule has 0 aliphatic carbocycles. The zero-order valence-corrected chi connectivity index (χ0v) is 6.40. The van der Waals surface area contributed by atoms with Crippen molar-refractivity contribution >= 4 is 11.5 Å². The summed E-state index contributed by atoms with van der Waals surface area (Å²) in [7, 11) is 0. The van der Waals surface area contributed by atoms with Crippen LogP contribution in [0.3, 0.4) is 0 Å². The molecule has 0 aliphatic rings. The fourth-order valence-electron chi connectivity index (χ4n) is 1.03. The van der Waals surface area contributed by atoms with E-state index in [1.54, 1.807) is 6.92 Å². The van der Waals surface area contributed by atoms with Crippen molar-refractivity contribution in [3.63, 3.8) is 0 Å². The molecule has 2 aromatic heterocycles. The molecule has 0 saturated carbocycles. The number of anilines is 1. The van der Waals surface area contributed by atoms with E-state index in [4.69, 9.17) is 5.73 Å². The van der Waals surface area contributed by atoms with Gasteiger partial charge in [0.25, 0.3) is 5.56 Å². The van der Waals surface area contributed by atoms with Crippen LogP contribution in [-0.4, -0.2) is 19.6 Å². The Morgan fingerprint density at radius 1 is 1.67 bits per heavy atom. The van der Waals surface area contributed by atoms with Crippen LogP contribution >= 0.6 is 0 Å². The normalized spacial score (nSPS) is 10.8. The lowest BCUT2D eigenvalue weighted by Crippen LogP contribution is -2.15. The molecule has 62 valence electrons. The Kier molecular flexibility index (Phi) is 1.18. The van der Waals surface area contributed by atoms with Crippen LogP contribution < -0.4 is 11.3 Å². The van der Waals surface area contributed by atoms with E-state index in [0.717, 1.165) is 0 Å². The van der Waals surface area contributed by atoms with Crippen molar-refractivity contribution < 1.29 is 0 Å². The second-order valence-electron chi connectivity index (χ2n) is 2.44. The summed E-state index contributed by atoms with van der Waals surface area (Å²) in [5.41, 5.74) is 5.47. The highest BCUT2D eigenvalue weighted by molar-refractivity contribution is 5.43. The Bertz CT molecular complexity index is 482. The highest BCUT2D eigenvalue weighted by atomic mass is 16.1. The summed E-state index contributed by atoms with van der Waals surface area (Å²) < 4.78 is 1.41. The van der Waals surface area contributed by atoms with E-state index in [2.05, 4.69) is 15.1 Å². The SMILES string of the molecule is Cc1ncc2c(=O)[nH]c(N)nn12. The second kappa shape index (κ2) is 2.07. The maximum atomic E-state index is 11.2. The first-order valence-electron chi connectivity index (χ1n) is 3.38. The number of nitrogens with zero attached hydrogens (tertiary/aromatic N) is 3. The van der Waals surface area contributed by atoms with Gasteiger partial charge in [-0.3, -0.25) is 9.78 Å². The van der Waals surface area contributed by atoms with Crippen LogP contribution in [0, 0.1) is 6.92 Å². The molecule has 0 unspecified atom stereocenters. The minimum Gasteiger partial charge on any atom is -0.368 e. The maximum Gasteiger partial charge on any atom is 0.278 e. The molecule has 0 radical (unpaired) electrons. The van der Waals surface area contributed by atoms with Gasteiger partial charge in [0, 0.05) is 0 Å². The smallest absolute Gasteiger partial charge is 0.278 e. The molecule has 0 fully saturated rings. The van der Waals surface area contributed by atoms with Crippen LogP contribution in [0.15, 0.2) is 11.0 Å². The lowest BCUT2D eigenvalue weighted by atomic mass is 10.6. The van der Waals surface area contributed by atoms with Crippen LogP contribution in [0.4, 0.5) is 5.95 Å². The molecule has 0 aromatic carbocycles. The molecule has 0 atom stereocenters. The van der Waals surface area contributed by atoms with Crippen molar-refractivity contribution in [2.45, 2.75) is 6.92 Å². The molecule has 2 aromatic rings. The number of aryl methyl sites for hydroxylation is 1. The molecule has 6 nitrogen and oxygen atoms in total. The Hall–Kier alpha value is -1.85. The summed E-state index contributed by atoms with van der Waals surface area (Å²) in [6, 6.07) is 0. The third-order valence-electron chi connectivity index (χ3n) is 1.59. The molecule has 2 heterocycles. The molecule has 0 amide bonds. The van der Waals surface area contributed by atoms with Gasteiger partial charge in [-0.05, 0) is 6.92 Å². The van der Waals surface area contributed by atoms with Gasteiger partial charge in [-0.2, -0.15) is 0 Å². The number of imidazole rings is 1. The highest BCUT2D eigenvalue weighted by Gasteiger charge is 2.03. The third-order valence-corrected chi connectivity index (χ3v) is 1.59. The Labute approximate surface area is 67.0 Å². The van der Waals surface area contributed by atoms with E-state index in [1.165, 1.54) is 10.7 Å². The van der Waals surface area contributed by atoms with Crippen molar-refractivity contribution in [3.05, 3.63) is 22.4 Å². The molecular weight excluding hydrogens is 158 g/mol. The Morgan fingerprint density at radius 2 is 2.42 bits per heavy atom. The number of nitrogens with two attached hydrogens (primary N) is 1. The molecule has 0 aliphatic heterocycles. The van der Waals surface area contributed by atoms with E-state index in [-0.39, 0.29) is 11.5 Å². The van der Waals surface area contributed by atoms with Gasteiger partial charge in [-0.1, -0.05) is 0 Å². The molecule has 3 N–H and O–H groups in total. The van der Waals surface area contributed by atoms with Gasteiger partial charge in [0.15, 0.2) is 5.52 Å². The summed E-state index contributed by atoms with van der Waals surface area (Å²) in [6.45, 7) is 1.75. The van der Waals surface area contributed by atoms with E-state index < -0.39 is 0 Å². The van der Waals surface area contributed by atoms with Crippen molar-refractivity contribution in [1.82, 2.24) is 19.6 Å². The number of aromatic amines is 1. The molecule has 0 bridgehead atoms. The van der Waals surface area contributed by atoms with Crippen LogP contribution in [-0.2, 0) is 0 Å². The number of nitrogen functional groups attached to an aromatic ring is 1. The maximum absolute atomic E-state index is 11.2. The fourth-order valence-corrected chi connectivity index (χ4v) is 1.03. The van der Waals surface area contributed by atoms with Crippen LogP contribution in [0.2, 0.25) is 0 Å². The minimum atomic E-state index is -0.275. The summed E-state index contributed by atoms with van der Waals surface area (Å²) in [5, 5.41) is 3.87. The quantitative estimate of drug-likeness (QED) is 0.540. The predicted molar refractivity (Wildman–Crippen MR) is 42.8 cm³/mol. The van der Waals surface area contributed by atoms with E-state index >= 15 is 0 Å². The lowest BCUT2D eigenvalue weighted by molar-refractivity contribution is 0.854. The van der Waals surface area contributed by atoms with Crippen LogP contribution in [0.1, 0.15) is 5.82 Å². The van der Waals surface area contributed by atoms with E-state index in [0.29, 0.717) is 11.3 Å². The molecule has 2 rings (SSSR count). The Balaban J connectivity index is 3.03. The summed E-state index contributed by atoms with van der Waals surface area (Å²) >= 11 is 0. The van der Waals surface area contributed by atoms with Crippen LogP contribution in [0.5, 0.6) is 0 Å². The molecule has 12 heavy (non-hydrogen) atoms. The highest BCUT2D eigenvalue weighted by Crippen LogP contribution is 1.97. The van der Waals surface area contributed by atoms with Gasteiger partial charge in [-0.15, -0.1) is 5.10 Å². The topological polar surface area (TPSA) is 89.1 Å². The molecular formula is C6H7N5O. The Morgan fingerprint density at radius 3 is 3.17 bits per heavy atom. The van der Waals surface area contributed by atoms with Crippen molar-refractivity contribution in [1.29, 1.82) is 0 Å². The van der Waals surface area contributed by atoms with Crippen molar-refractivity contribution in [2.24, 2.45) is 0 Å². The summed E-state index contributed by atoms with van der Waals surface area (Å²) in [5.74, 6) is 0.733. The van der Waals surface area contributed by atoms with Gasteiger partial charge in [0.2, 0.25) is 5.95 Å². The average Bonchev–Trinajstić information content (AvgIpc) is 2.33. The average molecular weight is 165 g/mol. The van der Waals surface area contributed by atoms with E-state index in [9.17, 15) is 4.79 Å². The standard InChI is InChI=1S/C6H7N5O/c1-3-8-2-4-5(12)9-6(7)10-11(3)4/h2H,1H3,(H3,7,9,10,12). The van der Waals surface area contributed by atoms with Crippen molar-refractivity contribution in [3.8, 4) is 0 Å². The second-order valence-corrected chi connectivity index (χ2v) is 2.44. The fraction of sp³-hybridized carbons (Fsp3) is 0.167. The zero-order valence-electron chi connectivity index (χ0n) is 6.40. The molecule has 6 heteroatoms. The first-order chi connectivity index (χ1) is 5.68. The largest absolute Gasteiger partial charge is 0.368 e. The van der Waals surface area contributed by atoms with Gasteiger partial charge < -0.3 is 5.73 Å².